The van der Waals surface area contributed by atoms with E-state index in [1.807, 2.05) is 43.3 Å². The smallest absolute Gasteiger partial charge is 0.310 e. The summed E-state index contributed by atoms with van der Waals surface area (Å²) >= 11 is 0. The Morgan fingerprint density at radius 2 is 1.76 bits per heavy atom. The highest BCUT2D eigenvalue weighted by atomic mass is 16.5. The van der Waals surface area contributed by atoms with E-state index in [0.29, 0.717) is 42.2 Å². The van der Waals surface area contributed by atoms with Gasteiger partial charge in [0.15, 0.2) is 5.82 Å². The van der Waals surface area contributed by atoms with E-state index in [-0.39, 0.29) is 18.5 Å². The number of carbonyl (C=O) groups is 1. The van der Waals surface area contributed by atoms with Crippen LogP contribution in [-0.2, 0) is 16.0 Å². The van der Waals surface area contributed by atoms with Gasteiger partial charge >= 0.3 is 5.97 Å². The maximum Gasteiger partial charge on any atom is 0.310 e. The van der Waals surface area contributed by atoms with Crippen molar-refractivity contribution < 1.29 is 9.53 Å². The summed E-state index contributed by atoms with van der Waals surface area (Å²) in [5, 5.41) is 13.0. The number of anilines is 5. The Morgan fingerprint density at radius 3 is 2.54 bits per heavy atom. The highest BCUT2D eigenvalue weighted by Gasteiger charge is 2.23. The molecule has 0 radical (unpaired) electrons. The first-order chi connectivity index (χ1) is 20.1. The van der Waals surface area contributed by atoms with Gasteiger partial charge in [-0.05, 0) is 55.0 Å². The molecule has 6 rings (SSSR count). The molecule has 0 amide bonds. The number of rotatable bonds is 9. The van der Waals surface area contributed by atoms with Crippen molar-refractivity contribution in [3.63, 3.8) is 0 Å². The molecule has 2 aliphatic heterocycles. The highest BCUT2D eigenvalue weighted by Crippen LogP contribution is 2.27. The average molecular weight is 553 g/mol. The fraction of sp³-hybridized carbons (Fsp3) is 0.310. The van der Waals surface area contributed by atoms with Crippen LogP contribution >= 0.6 is 0 Å². The van der Waals surface area contributed by atoms with Gasteiger partial charge in [0.1, 0.15) is 23.4 Å². The molecular formula is C29H32N10O2. The lowest BCUT2D eigenvalue weighted by Gasteiger charge is -2.32. The molecule has 0 aliphatic carbocycles. The molecule has 0 atom stereocenters. The van der Waals surface area contributed by atoms with Crippen molar-refractivity contribution in [3.05, 3.63) is 72.2 Å². The van der Waals surface area contributed by atoms with Gasteiger partial charge in [-0.1, -0.05) is 6.07 Å². The number of hydrogen-bond donors (Lipinski definition) is 4. The van der Waals surface area contributed by atoms with Crippen molar-refractivity contribution in [2.45, 2.75) is 19.4 Å². The topological polar surface area (TPSA) is 142 Å². The number of benzene rings is 1. The van der Waals surface area contributed by atoms with Crippen LogP contribution in [0.25, 0.3) is 11.5 Å². The molecule has 4 N–H and O–H groups in total. The Bertz CT molecular complexity index is 1520. The molecule has 3 aromatic heterocycles. The third-order valence-corrected chi connectivity index (χ3v) is 6.85. The van der Waals surface area contributed by atoms with Gasteiger partial charge in [-0.2, -0.15) is 4.98 Å². The minimum absolute atomic E-state index is 0.0471. The van der Waals surface area contributed by atoms with Crippen LogP contribution < -0.4 is 26.2 Å². The van der Waals surface area contributed by atoms with E-state index in [2.05, 4.69) is 51.1 Å². The van der Waals surface area contributed by atoms with Crippen LogP contribution in [-0.4, -0.2) is 76.3 Å². The lowest BCUT2D eigenvalue weighted by Crippen LogP contribution is -2.49. The Kier molecular flexibility index (Phi) is 7.92. The monoisotopic (exact) mass is 552 g/mol. The van der Waals surface area contributed by atoms with Gasteiger partial charge in [-0.15, -0.1) is 0 Å². The standard InChI is InChI=1S/C29H32N10O2/c1-19-3-2-4-23(34-19)28-32-9-7-25(37-28)36-26-8-10-33-29(38-26)35-21-5-6-24(39-13-11-30-12-14-39)20(15-21)16-27(40)41-22-17-31-18-22/h2-10,15,22,30-31H,11-14,16-18H2,1H3,(H2,32,33,35,36,37,38). The van der Waals surface area contributed by atoms with E-state index < -0.39 is 0 Å². The largest absolute Gasteiger partial charge is 0.459 e. The second-order valence-electron chi connectivity index (χ2n) is 9.97. The quantitative estimate of drug-likeness (QED) is 0.227. The molecule has 41 heavy (non-hydrogen) atoms. The predicted molar refractivity (Wildman–Crippen MR) is 157 cm³/mol. The fourth-order valence-electron chi connectivity index (χ4n) is 4.72. The van der Waals surface area contributed by atoms with Gasteiger partial charge in [-0.3, -0.25) is 4.79 Å². The number of aromatic nitrogens is 5. The van der Waals surface area contributed by atoms with Gasteiger partial charge < -0.3 is 30.9 Å². The third kappa shape index (κ3) is 6.73. The van der Waals surface area contributed by atoms with Crippen molar-refractivity contribution in [1.29, 1.82) is 0 Å². The number of aryl methyl sites for hydroxylation is 1. The number of hydrogen-bond acceptors (Lipinski definition) is 12. The van der Waals surface area contributed by atoms with Gasteiger partial charge in [0.25, 0.3) is 0 Å². The van der Waals surface area contributed by atoms with Crippen LogP contribution in [0.3, 0.4) is 0 Å². The molecular weight excluding hydrogens is 520 g/mol. The summed E-state index contributed by atoms with van der Waals surface area (Å²) in [7, 11) is 0. The summed E-state index contributed by atoms with van der Waals surface area (Å²) in [6, 6.07) is 15.3. The summed E-state index contributed by atoms with van der Waals surface area (Å²) in [6.07, 6.45) is 3.50. The van der Waals surface area contributed by atoms with Crippen LogP contribution in [0.15, 0.2) is 60.9 Å². The lowest BCUT2D eigenvalue weighted by molar-refractivity contribution is -0.150. The Labute approximate surface area is 238 Å². The third-order valence-electron chi connectivity index (χ3n) is 6.85. The summed E-state index contributed by atoms with van der Waals surface area (Å²) in [4.78, 5) is 37.5. The molecule has 2 saturated heterocycles. The van der Waals surface area contributed by atoms with Crippen molar-refractivity contribution >= 4 is 34.9 Å². The molecule has 12 nitrogen and oxygen atoms in total. The van der Waals surface area contributed by atoms with E-state index in [0.717, 1.165) is 48.8 Å². The number of pyridine rings is 1. The Hall–Kier alpha value is -4.68. The zero-order chi connectivity index (χ0) is 28.0. The maximum absolute atomic E-state index is 12.7. The van der Waals surface area contributed by atoms with Crippen LogP contribution in [0.2, 0.25) is 0 Å². The zero-order valence-corrected chi connectivity index (χ0v) is 22.8. The SMILES string of the molecule is Cc1cccc(-c2nccc(Nc3ccnc(Nc4ccc(N5CCNCC5)c(CC(=O)OC5CNC5)c4)n3)n2)n1. The molecule has 2 fully saturated rings. The van der Waals surface area contributed by atoms with Crippen LogP contribution in [0.1, 0.15) is 11.3 Å². The van der Waals surface area contributed by atoms with E-state index in [1.54, 1.807) is 24.5 Å². The maximum atomic E-state index is 12.7. The first-order valence-electron chi connectivity index (χ1n) is 13.7. The number of esters is 1. The fourth-order valence-corrected chi connectivity index (χ4v) is 4.72. The normalized spacial score (nSPS) is 15.2. The lowest BCUT2D eigenvalue weighted by atomic mass is 10.1. The molecule has 0 spiro atoms. The number of nitrogens with one attached hydrogen (secondary N) is 4. The second kappa shape index (κ2) is 12.2. The van der Waals surface area contributed by atoms with Crippen LogP contribution in [0.5, 0.6) is 0 Å². The highest BCUT2D eigenvalue weighted by molar-refractivity contribution is 5.77. The summed E-state index contributed by atoms with van der Waals surface area (Å²) in [5.74, 6) is 1.87. The Balaban J connectivity index is 1.18. The first-order valence-corrected chi connectivity index (χ1v) is 13.7. The minimum Gasteiger partial charge on any atom is -0.459 e. The van der Waals surface area contributed by atoms with Crippen molar-refractivity contribution in [2.75, 3.05) is 54.8 Å². The first kappa shape index (κ1) is 26.5. The molecule has 0 unspecified atom stereocenters. The summed E-state index contributed by atoms with van der Waals surface area (Å²) in [6.45, 7) is 6.91. The van der Waals surface area contributed by atoms with E-state index >= 15 is 0 Å². The van der Waals surface area contributed by atoms with Crippen molar-refractivity contribution in [1.82, 2.24) is 35.6 Å². The molecule has 0 saturated carbocycles. The molecule has 1 aromatic carbocycles. The summed E-state index contributed by atoms with van der Waals surface area (Å²) in [5.41, 5.74) is 4.32. The number of nitrogens with zero attached hydrogens (tertiary/aromatic N) is 6. The van der Waals surface area contributed by atoms with Gasteiger partial charge in [0.2, 0.25) is 5.95 Å². The van der Waals surface area contributed by atoms with Crippen LogP contribution in [0.4, 0.5) is 29.0 Å². The summed E-state index contributed by atoms with van der Waals surface area (Å²) < 4.78 is 5.61. The molecule has 4 aromatic rings. The second-order valence-corrected chi connectivity index (χ2v) is 9.97. The number of piperazine rings is 1. The van der Waals surface area contributed by atoms with Crippen LogP contribution in [0, 0.1) is 6.92 Å². The van der Waals surface area contributed by atoms with E-state index in [1.165, 1.54) is 0 Å². The van der Waals surface area contributed by atoms with Crippen molar-refractivity contribution in [2.24, 2.45) is 0 Å². The minimum atomic E-state index is -0.224. The molecule has 0 bridgehead atoms. The van der Waals surface area contributed by atoms with E-state index in [4.69, 9.17) is 4.74 Å². The number of carbonyl (C=O) groups excluding carboxylic acids is 1. The molecule has 12 heteroatoms. The average Bonchev–Trinajstić information content (AvgIpc) is 2.96. The molecule has 2 aliphatic rings. The van der Waals surface area contributed by atoms with Crippen molar-refractivity contribution in [3.8, 4) is 11.5 Å². The zero-order valence-electron chi connectivity index (χ0n) is 22.8. The molecule has 210 valence electrons. The van der Waals surface area contributed by atoms with Gasteiger partial charge in [-0.25, -0.2) is 19.9 Å². The number of ether oxygens (including phenoxy) is 1. The van der Waals surface area contributed by atoms with Gasteiger partial charge in [0, 0.05) is 68.7 Å². The predicted octanol–water partition coefficient (Wildman–Crippen LogP) is 2.59. The van der Waals surface area contributed by atoms with E-state index in [9.17, 15) is 4.79 Å². The van der Waals surface area contributed by atoms with Gasteiger partial charge in [0.05, 0.1) is 6.42 Å². The molecule has 5 heterocycles. The Morgan fingerprint density at radius 1 is 0.951 bits per heavy atom.